The molecule has 22 heavy (non-hydrogen) atoms. The van der Waals surface area contributed by atoms with Crippen LogP contribution in [0.1, 0.15) is 10.4 Å². The van der Waals surface area contributed by atoms with E-state index in [9.17, 15) is 9.59 Å². The van der Waals surface area contributed by atoms with Gasteiger partial charge in [0.05, 0.1) is 5.56 Å². The van der Waals surface area contributed by atoms with E-state index in [2.05, 4.69) is 23.9 Å². The molecule has 0 saturated heterocycles. The molecule has 2 rings (SSSR count). The number of aromatic nitrogens is 1. The molecule has 1 aromatic carbocycles. The van der Waals surface area contributed by atoms with Crippen LogP contribution in [-0.2, 0) is 9.22 Å². The van der Waals surface area contributed by atoms with Gasteiger partial charge in [-0.05, 0) is 25.7 Å². The van der Waals surface area contributed by atoms with E-state index >= 15 is 0 Å². The largest absolute Gasteiger partial charge is 0.514 e. The maximum absolute atomic E-state index is 12.5. The zero-order valence-corrected chi connectivity index (χ0v) is 16.1. The zero-order chi connectivity index (χ0) is 16.7. The van der Waals surface area contributed by atoms with Crippen molar-refractivity contribution in [1.82, 2.24) is 4.23 Å². The smallest absolute Gasteiger partial charge is 0.366 e. The molecule has 0 bridgehead atoms. The number of rotatable bonds is 4. The molecule has 0 fully saturated rings. The van der Waals surface area contributed by atoms with Crippen molar-refractivity contribution in [2.75, 3.05) is 0 Å². The Morgan fingerprint density at radius 3 is 2.14 bits per heavy atom. The Morgan fingerprint density at radius 1 is 1.00 bits per heavy atom. The number of para-hydroxylation sites is 1. The summed E-state index contributed by atoms with van der Waals surface area (Å²) in [5.41, 5.74) is 1.45. The van der Waals surface area contributed by atoms with Gasteiger partial charge in [-0.2, -0.15) is 0 Å². The summed E-state index contributed by atoms with van der Waals surface area (Å²) < 4.78 is 7.51. The second-order valence-electron chi connectivity index (χ2n) is 7.43. The molecule has 0 N–H and O–H groups in total. The molecule has 0 unspecified atom stereocenters. The van der Waals surface area contributed by atoms with Crippen molar-refractivity contribution >= 4 is 39.2 Å². The predicted octanol–water partition coefficient (Wildman–Crippen LogP) is 3.89. The van der Waals surface area contributed by atoms with Gasteiger partial charge < -0.3 is 8.66 Å². The minimum atomic E-state index is -2.08. The first-order valence-corrected chi connectivity index (χ1v) is 14.2. The van der Waals surface area contributed by atoms with Gasteiger partial charge in [0.2, 0.25) is 8.32 Å². The molecular weight excluding hydrogens is 310 g/mol. The molecule has 118 valence electrons. The summed E-state index contributed by atoms with van der Waals surface area (Å²) >= 11 is 0. The number of Topliss-reactive ketones (excluding diaryl/α,β-unsaturated/α-hetero) is 1. The van der Waals surface area contributed by atoms with E-state index in [0.29, 0.717) is 5.56 Å². The van der Waals surface area contributed by atoms with Gasteiger partial charge in [0.1, 0.15) is 0 Å². The van der Waals surface area contributed by atoms with Gasteiger partial charge >= 0.3 is 5.97 Å². The van der Waals surface area contributed by atoms with Gasteiger partial charge in [0, 0.05) is 17.1 Å². The molecule has 0 aliphatic heterocycles. The molecule has 1 heterocycles. The fourth-order valence-corrected chi connectivity index (χ4v) is 4.43. The SMILES string of the molecule is C[Si](C)(C)OC(=O)C(=O)c1cn([Si](C)(C)C)c2ccccc12. The van der Waals surface area contributed by atoms with Crippen molar-refractivity contribution in [3.8, 4) is 0 Å². The molecule has 0 radical (unpaired) electrons. The van der Waals surface area contributed by atoms with Gasteiger partial charge in [0.15, 0.2) is 8.24 Å². The lowest BCUT2D eigenvalue weighted by Gasteiger charge is -2.19. The lowest BCUT2D eigenvalue weighted by Crippen LogP contribution is -2.33. The van der Waals surface area contributed by atoms with E-state index in [1.54, 1.807) is 0 Å². The summed E-state index contributed by atoms with van der Waals surface area (Å²) in [5.74, 6) is -1.28. The number of benzene rings is 1. The molecule has 0 saturated carbocycles. The zero-order valence-electron chi connectivity index (χ0n) is 14.1. The van der Waals surface area contributed by atoms with Crippen LogP contribution in [0.3, 0.4) is 0 Å². The molecule has 4 nitrogen and oxygen atoms in total. The number of hydrogen-bond donors (Lipinski definition) is 0. The second-order valence-corrected chi connectivity index (χ2v) is 16.7. The Balaban J connectivity index is 2.53. The van der Waals surface area contributed by atoms with Crippen molar-refractivity contribution in [2.45, 2.75) is 39.3 Å². The summed E-state index contributed by atoms with van der Waals surface area (Å²) in [7, 11) is -3.77. The highest BCUT2D eigenvalue weighted by Gasteiger charge is 2.29. The summed E-state index contributed by atoms with van der Waals surface area (Å²) in [4.78, 5) is 24.7. The Labute approximate surface area is 133 Å². The van der Waals surface area contributed by atoms with Crippen molar-refractivity contribution in [3.63, 3.8) is 0 Å². The van der Waals surface area contributed by atoms with E-state index in [0.717, 1.165) is 10.9 Å². The Bertz CT molecular complexity index is 736. The first-order valence-electron chi connectivity index (χ1n) is 7.39. The van der Waals surface area contributed by atoms with E-state index < -0.39 is 28.3 Å². The standard InChI is InChI=1S/C16H23NO3Si2/c1-21(2,3)17-11-13(12-9-7-8-10-14(12)17)15(18)16(19)20-22(4,5)6/h7-11H,1-6H3. The first kappa shape index (κ1) is 16.7. The van der Waals surface area contributed by atoms with Crippen molar-refractivity contribution in [2.24, 2.45) is 0 Å². The number of fused-ring (bicyclic) bond motifs is 1. The second kappa shape index (κ2) is 5.51. The molecule has 0 spiro atoms. The van der Waals surface area contributed by atoms with Crippen molar-refractivity contribution in [1.29, 1.82) is 0 Å². The maximum atomic E-state index is 12.5. The number of ketones is 1. The molecule has 2 aromatic rings. The normalized spacial score (nSPS) is 12.5. The molecule has 0 atom stereocenters. The molecule has 0 amide bonds. The average Bonchev–Trinajstić information content (AvgIpc) is 2.75. The number of nitrogens with zero attached hydrogens (tertiary/aromatic N) is 1. The molecule has 6 heteroatoms. The summed E-state index contributed by atoms with van der Waals surface area (Å²) in [6, 6.07) is 7.72. The topological polar surface area (TPSA) is 48.3 Å². The highest BCUT2D eigenvalue weighted by molar-refractivity contribution is 6.75. The maximum Gasteiger partial charge on any atom is 0.366 e. The average molecular weight is 334 g/mol. The fourth-order valence-electron chi connectivity index (χ4n) is 2.35. The minimum absolute atomic E-state index is 0.446. The highest BCUT2D eigenvalue weighted by atomic mass is 28.4. The minimum Gasteiger partial charge on any atom is -0.514 e. The molecule has 0 aliphatic carbocycles. The first-order chi connectivity index (χ1) is 10.0. The van der Waals surface area contributed by atoms with Crippen LogP contribution in [0.15, 0.2) is 30.5 Å². The third-order valence-corrected chi connectivity index (χ3v) is 5.88. The van der Waals surface area contributed by atoms with Gasteiger partial charge in [0.25, 0.3) is 5.78 Å². The van der Waals surface area contributed by atoms with E-state index in [-0.39, 0.29) is 0 Å². The van der Waals surface area contributed by atoms with Crippen molar-refractivity contribution in [3.05, 3.63) is 36.0 Å². The third kappa shape index (κ3) is 3.39. The number of hydrogen-bond acceptors (Lipinski definition) is 3. The third-order valence-electron chi connectivity index (χ3n) is 3.26. The molecular formula is C16H23NO3Si2. The van der Waals surface area contributed by atoms with Crippen LogP contribution < -0.4 is 0 Å². The Hall–Kier alpha value is -1.67. The van der Waals surface area contributed by atoms with E-state index in [1.165, 1.54) is 0 Å². The lowest BCUT2D eigenvalue weighted by atomic mass is 10.1. The van der Waals surface area contributed by atoms with Gasteiger partial charge in [-0.15, -0.1) is 0 Å². The quantitative estimate of drug-likeness (QED) is 0.484. The van der Waals surface area contributed by atoms with E-state index in [4.69, 9.17) is 4.43 Å². The number of carbonyl (C=O) groups excluding carboxylic acids is 2. The number of carbonyl (C=O) groups is 2. The highest BCUT2D eigenvalue weighted by Crippen LogP contribution is 2.25. The Kier molecular flexibility index (Phi) is 4.18. The fraction of sp³-hybridized carbons (Fsp3) is 0.375. The Morgan fingerprint density at radius 2 is 1.59 bits per heavy atom. The van der Waals surface area contributed by atoms with E-state index in [1.807, 2.05) is 50.1 Å². The summed E-state index contributed by atoms with van der Waals surface area (Å²) in [5, 5.41) is 0.822. The summed E-state index contributed by atoms with van der Waals surface area (Å²) in [6.45, 7) is 12.3. The van der Waals surface area contributed by atoms with Crippen molar-refractivity contribution < 1.29 is 14.0 Å². The molecule has 1 aromatic heterocycles. The van der Waals surface area contributed by atoms with Crippen LogP contribution in [0.4, 0.5) is 0 Å². The van der Waals surface area contributed by atoms with Crippen LogP contribution in [0, 0.1) is 0 Å². The van der Waals surface area contributed by atoms with Crippen LogP contribution in [0.25, 0.3) is 10.9 Å². The van der Waals surface area contributed by atoms with Crippen LogP contribution in [-0.4, -0.2) is 32.5 Å². The van der Waals surface area contributed by atoms with Gasteiger partial charge in [-0.3, -0.25) is 4.79 Å². The van der Waals surface area contributed by atoms with Gasteiger partial charge in [-0.25, -0.2) is 4.79 Å². The summed E-state index contributed by atoms with van der Waals surface area (Å²) in [6.07, 6.45) is 1.82. The van der Waals surface area contributed by atoms with Crippen LogP contribution in [0.2, 0.25) is 39.3 Å². The van der Waals surface area contributed by atoms with Gasteiger partial charge in [-0.1, -0.05) is 37.8 Å². The van der Waals surface area contributed by atoms with Crippen LogP contribution >= 0.6 is 0 Å². The van der Waals surface area contributed by atoms with Crippen LogP contribution in [0.5, 0.6) is 0 Å². The lowest BCUT2D eigenvalue weighted by molar-refractivity contribution is -0.130. The monoisotopic (exact) mass is 333 g/mol. The molecule has 0 aliphatic rings. The predicted molar refractivity (Wildman–Crippen MR) is 94.5 cm³/mol.